The molecule has 0 fully saturated rings. The summed E-state index contributed by atoms with van der Waals surface area (Å²) in [6, 6.07) is 6.66. The normalized spacial score (nSPS) is 13.3. The van der Waals surface area contributed by atoms with E-state index in [1.165, 1.54) is 28.3 Å². The average molecular weight is 316 g/mol. The molecule has 0 atom stereocenters. The van der Waals surface area contributed by atoms with Crippen molar-refractivity contribution in [3.63, 3.8) is 0 Å². The summed E-state index contributed by atoms with van der Waals surface area (Å²) in [6.07, 6.45) is 1.65. The molecule has 2 heterocycles. The standard InChI is InChI=1S/C16H16N2O3S/c1-3-14-10(2)8-15(22-14)16(19)17-7-6-11-4-5-12(18(20)21)9-13(11)17/h4-5,8-9H,3,6-7H2,1-2H3. The van der Waals surface area contributed by atoms with Gasteiger partial charge >= 0.3 is 0 Å². The number of rotatable bonds is 3. The third-order valence-electron chi connectivity index (χ3n) is 3.97. The van der Waals surface area contributed by atoms with Crippen molar-refractivity contribution in [3.05, 3.63) is 55.3 Å². The number of hydrogen-bond acceptors (Lipinski definition) is 4. The predicted octanol–water partition coefficient (Wildman–Crippen LogP) is 3.73. The number of nitrogens with zero attached hydrogens (tertiary/aromatic N) is 2. The second kappa shape index (κ2) is 5.53. The van der Waals surface area contributed by atoms with Crippen LogP contribution in [0.25, 0.3) is 0 Å². The first-order valence-electron chi connectivity index (χ1n) is 7.19. The molecule has 1 aliphatic rings. The Labute approximate surface area is 132 Å². The van der Waals surface area contributed by atoms with Gasteiger partial charge < -0.3 is 4.90 Å². The third kappa shape index (κ3) is 2.39. The van der Waals surface area contributed by atoms with E-state index in [2.05, 4.69) is 6.92 Å². The van der Waals surface area contributed by atoms with Crippen LogP contribution in [0.4, 0.5) is 11.4 Å². The summed E-state index contributed by atoms with van der Waals surface area (Å²) in [7, 11) is 0. The van der Waals surface area contributed by atoms with E-state index in [0.29, 0.717) is 17.1 Å². The summed E-state index contributed by atoms with van der Waals surface area (Å²) in [5, 5.41) is 10.9. The van der Waals surface area contributed by atoms with Crippen LogP contribution in [0.15, 0.2) is 24.3 Å². The molecule has 0 spiro atoms. The van der Waals surface area contributed by atoms with E-state index in [0.717, 1.165) is 24.0 Å². The van der Waals surface area contributed by atoms with Crippen molar-refractivity contribution < 1.29 is 9.72 Å². The number of hydrogen-bond donors (Lipinski definition) is 0. The summed E-state index contributed by atoms with van der Waals surface area (Å²) in [4.78, 5) is 26.8. The summed E-state index contributed by atoms with van der Waals surface area (Å²) in [5.41, 5.74) is 2.82. The van der Waals surface area contributed by atoms with Gasteiger partial charge in [0.1, 0.15) is 0 Å². The summed E-state index contributed by atoms with van der Waals surface area (Å²) in [5.74, 6) is -0.0629. The lowest BCUT2D eigenvalue weighted by Gasteiger charge is -2.16. The Hall–Kier alpha value is -2.21. The first-order valence-corrected chi connectivity index (χ1v) is 8.01. The number of amides is 1. The highest BCUT2D eigenvalue weighted by Crippen LogP contribution is 2.34. The molecule has 5 nitrogen and oxygen atoms in total. The Balaban J connectivity index is 1.96. The first-order chi connectivity index (χ1) is 10.5. The van der Waals surface area contributed by atoms with Gasteiger partial charge in [0.05, 0.1) is 15.5 Å². The molecule has 1 aliphatic heterocycles. The van der Waals surface area contributed by atoms with Crippen LogP contribution < -0.4 is 4.90 Å². The van der Waals surface area contributed by atoms with E-state index in [9.17, 15) is 14.9 Å². The van der Waals surface area contributed by atoms with Crippen LogP contribution in [0, 0.1) is 17.0 Å². The van der Waals surface area contributed by atoms with Gasteiger partial charge in [0.2, 0.25) is 0 Å². The lowest BCUT2D eigenvalue weighted by Crippen LogP contribution is -2.28. The van der Waals surface area contributed by atoms with Crippen molar-refractivity contribution >= 4 is 28.6 Å². The monoisotopic (exact) mass is 316 g/mol. The van der Waals surface area contributed by atoms with Gasteiger partial charge in [-0.15, -0.1) is 11.3 Å². The molecule has 114 valence electrons. The van der Waals surface area contributed by atoms with Gasteiger partial charge in [-0.2, -0.15) is 0 Å². The molecule has 1 aromatic carbocycles. The maximum atomic E-state index is 12.7. The molecule has 6 heteroatoms. The number of anilines is 1. The number of non-ortho nitro benzene ring substituents is 1. The molecule has 1 amide bonds. The molecule has 1 aromatic heterocycles. The maximum Gasteiger partial charge on any atom is 0.271 e. The molecule has 0 bridgehead atoms. The smallest absolute Gasteiger partial charge is 0.271 e. The molecule has 0 N–H and O–H groups in total. The van der Waals surface area contributed by atoms with Crippen LogP contribution in [0.5, 0.6) is 0 Å². The number of aryl methyl sites for hydroxylation is 2. The number of fused-ring (bicyclic) bond motifs is 1. The Bertz CT molecular complexity index is 767. The molecular weight excluding hydrogens is 300 g/mol. The van der Waals surface area contributed by atoms with Crippen molar-refractivity contribution in [2.75, 3.05) is 11.4 Å². The van der Waals surface area contributed by atoms with Crippen molar-refractivity contribution in [2.45, 2.75) is 26.7 Å². The molecule has 2 aromatic rings. The molecule has 0 unspecified atom stereocenters. The van der Waals surface area contributed by atoms with Gasteiger partial charge in [-0.1, -0.05) is 13.0 Å². The van der Waals surface area contributed by atoms with Crippen molar-refractivity contribution in [1.82, 2.24) is 0 Å². The Morgan fingerprint density at radius 3 is 2.82 bits per heavy atom. The average Bonchev–Trinajstić information content (AvgIpc) is 3.09. The number of nitro benzene ring substituents is 1. The van der Waals surface area contributed by atoms with Crippen LogP contribution >= 0.6 is 11.3 Å². The van der Waals surface area contributed by atoms with Crippen LogP contribution in [-0.2, 0) is 12.8 Å². The largest absolute Gasteiger partial charge is 0.307 e. The lowest BCUT2D eigenvalue weighted by atomic mass is 10.1. The number of carbonyl (C=O) groups excluding carboxylic acids is 1. The highest BCUT2D eigenvalue weighted by molar-refractivity contribution is 7.14. The molecule has 0 saturated carbocycles. The Morgan fingerprint density at radius 1 is 1.41 bits per heavy atom. The lowest BCUT2D eigenvalue weighted by molar-refractivity contribution is -0.384. The van der Waals surface area contributed by atoms with Gasteiger partial charge in [-0.05, 0) is 37.0 Å². The molecule has 22 heavy (non-hydrogen) atoms. The summed E-state index contributed by atoms with van der Waals surface area (Å²) in [6.45, 7) is 4.66. The highest BCUT2D eigenvalue weighted by Gasteiger charge is 2.28. The topological polar surface area (TPSA) is 63.5 Å². The Morgan fingerprint density at radius 2 is 2.18 bits per heavy atom. The zero-order valence-electron chi connectivity index (χ0n) is 12.5. The minimum absolute atomic E-state index is 0.0232. The number of nitro groups is 1. The molecule has 0 aliphatic carbocycles. The highest BCUT2D eigenvalue weighted by atomic mass is 32.1. The van der Waals surface area contributed by atoms with Gasteiger partial charge in [0, 0.05) is 23.6 Å². The number of thiophene rings is 1. The number of benzene rings is 1. The summed E-state index contributed by atoms with van der Waals surface area (Å²) >= 11 is 1.51. The van der Waals surface area contributed by atoms with E-state index >= 15 is 0 Å². The van der Waals surface area contributed by atoms with Crippen LogP contribution in [0.1, 0.15) is 32.6 Å². The SMILES string of the molecule is CCc1sc(C(=O)N2CCc3ccc([N+](=O)[O-])cc32)cc1C. The van der Waals surface area contributed by atoms with Crippen molar-refractivity contribution in [2.24, 2.45) is 0 Å². The molecule has 3 rings (SSSR count). The van der Waals surface area contributed by atoms with Crippen LogP contribution in [0.3, 0.4) is 0 Å². The van der Waals surface area contributed by atoms with Gasteiger partial charge in [-0.25, -0.2) is 0 Å². The molecular formula is C16H16N2O3S. The second-order valence-electron chi connectivity index (χ2n) is 5.35. The molecule has 0 radical (unpaired) electrons. The van der Waals surface area contributed by atoms with Crippen LogP contribution in [0.2, 0.25) is 0 Å². The van der Waals surface area contributed by atoms with E-state index in [1.54, 1.807) is 11.0 Å². The van der Waals surface area contributed by atoms with Crippen molar-refractivity contribution in [1.29, 1.82) is 0 Å². The van der Waals surface area contributed by atoms with E-state index < -0.39 is 4.92 Å². The quantitative estimate of drug-likeness (QED) is 0.640. The third-order valence-corrected chi connectivity index (χ3v) is 5.34. The zero-order chi connectivity index (χ0) is 15.9. The minimum Gasteiger partial charge on any atom is -0.307 e. The fraction of sp³-hybridized carbons (Fsp3) is 0.312. The van der Waals surface area contributed by atoms with Gasteiger partial charge in [0.15, 0.2) is 0 Å². The van der Waals surface area contributed by atoms with Crippen molar-refractivity contribution in [3.8, 4) is 0 Å². The Kier molecular flexibility index (Phi) is 3.70. The predicted molar refractivity (Wildman–Crippen MR) is 86.9 cm³/mol. The fourth-order valence-electron chi connectivity index (χ4n) is 2.80. The van der Waals surface area contributed by atoms with E-state index in [1.807, 2.05) is 13.0 Å². The first kappa shape index (κ1) is 14.7. The second-order valence-corrected chi connectivity index (χ2v) is 6.48. The fourth-order valence-corrected chi connectivity index (χ4v) is 3.86. The number of carbonyl (C=O) groups is 1. The summed E-state index contributed by atoms with van der Waals surface area (Å²) < 4.78 is 0. The van der Waals surface area contributed by atoms with Gasteiger partial charge in [-0.3, -0.25) is 14.9 Å². The van der Waals surface area contributed by atoms with Crippen LogP contribution in [-0.4, -0.2) is 17.4 Å². The van der Waals surface area contributed by atoms with E-state index in [4.69, 9.17) is 0 Å². The zero-order valence-corrected chi connectivity index (χ0v) is 13.3. The molecule has 0 saturated heterocycles. The van der Waals surface area contributed by atoms with E-state index in [-0.39, 0.29) is 11.6 Å². The van der Waals surface area contributed by atoms with Gasteiger partial charge in [0.25, 0.3) is 11.6 Å². The maximum absolute atomic E-state index is 12.7. The minimum atomic E-state index is -0.425.